The Morgan fingerprint density at radius 3 is 2.76 bits per heavy atom. The normalized spacial score (nSPS) is 20.9. The van der Waals surface area contributed by atoms with Crippen LogP contribution in [0, 0.1) is 0 Å². The number of halogens is 1. The maximum Gasteiger partial charge on any atom is 0.307 e. The lowest BCUT2D eigenvalue weighted by molar-refractivity contribution is -0.117. The molecule has 1 atom stereocenters. The van der Waals surface area contributed by atoms with Crippen molar-refractivity contribution in [2.24, 2.45) is 0 Å². The molecule has 2 rings (SSSR count). The number of carbonyl (C=O) groups excluding carboxylic acids is 1. The Kier molecular flexibility index (Phi) is 2.69. The van der Waals surface area contributed by atoms with Crippen LogP contribution in [0.5, 0.6) is 0 Å². The molecule has 0 aliphatic carbocycles. The van der Waals surface area contributed by atoms with Crippen LogP contribution in [-0.4, -0.2) is 36.1 Å². The molecule has 1 saturated heterocycles. The molecule has 0 radical (unpaired) electrons. The van der Waals surface area contributed by atoms with Gasteiger partial charge in [0, 0.05) is 13.0 Å². The second-order valence-corrected chi connectivity index (χ2v) is 5.22. The minimum atomic E-state index is -4.73. The number of rotatable bonds is 2. The summed E-state index contributed by atoms with van der Waals surface area (Å²) in [6, 6.07) is 0. The first-order valence-electron chi connectivity index (χ1n) is 4.69. The highest BCUT2D eigenvalue weighted by atomic mass is 32.3. The fraction of sp³-hybridized carbons (Fsp3) is 0.375. The maximum atomic E-state index is 12.8. The summed E-state index contributed by atoms with van der Waals surface area (Å²) in [6.07, 6.45) is 2.09. The lowest BCUT2D eigenvalue weighted by Crippen LogP contribution is -2.28. The van der Waals surface area contributed by atoms with Crippen LogP contribution in [0.15, 0.2) is 12.5 Å². The van der Waals surface area contributed by atoms with Crippen LogP contribution >= 0.6 is 0 Å². The Labute approximate surface area is 96.7 Å². The van der Waals surface area contributed by atoms with Crippen molar-refractivity contribution in [3.63, 3.8) is 0 Å². The summed E-state index contributed by atoms with van der Waals surface area (Å²) >= 11 is 0. The SMILES string of the molecule is Nc1ncncc1N1CC(S(=O)(=O)F)CC1=O. The van der Waals surface area contributed by atoms with Gasteiger partial charge < -0.3 is 10.6 Å². The van der Waals surface area contributed by atoms with Crippen molar-refractivity contribution in [3.05, 3.63) is 12.5 Å². The number of nitrogen functional groups attached to an aromatic ring is 1. The quantitative estimate of drug-likeness (QED) is 0.716. The Bertz CT molecular complexity index is 562. The first-order chi connectivity index (χ1) is 7.89. The predicted octanol–water partition coefficient (Wildman–Crippen LogP) is -0.537. The molecule has 1 amide bonds. The van der Waals surface area contributed by atoms with Crippen LogP contribution in [-0.2, 0) is 15.0 Å². The number of nitrogens with two attached hydrogens (primary N) is 1. The van der Waals surface area contributed by atoms with Gasteiger partial charge in [0.15, 0.2) is 5.82 Å². The van der Waals surface area contributed by atoms with Gasteiger partial charge in [0.05, 0.1) is 6.20 Å². The number of hydrogen-bond donors (Lipinski definition) is 1. The molecule has 7 nitrogen and oxygen atoms in total. The van der Waals surface area contributed by atoms with E-state index in [-0.39, 0.29) is 18.1 Å². The fourth-order valence-corrected chi connectivity index (χ4v) is 2.30. The molecular formula is C8H9FN4O3S. The Hall–Kier alpha value is -1.77. The van der Waals surface area contributed by atoms with E-state index in [1.54, 1.807) is 0 Å². The topological polar surface area (TPSA) is 106 Å². The minimum absolute atomic E-state index is 0.0465. The molecule has 2 heterocycles. The number of aromatic nitrogens is 2. The number of nitrogens with zero attached hydrogens (tertiary/aromatic N) is 3. The zero-order valence-electron chi connectivity index (χ0n) is 8.58. The second kappa shape index (κ2) is 3.91. The lowest BCUT2D eigenvalue weighted by Gasteiger charge is -2.16. The summed E-state index contributed by atoms with van der Waals surface area (Å²) in [6.45, 7) is -0.269. The van der Waals surface area contributed by atoms with Crippen LogP contribution in [0.4, 0.5) is 15.4 Å². The molecule has 9 heteroatoms. The first-order valence-corrected chi connectivity index (χ1v) is 6.13. The van der Waals surface area contributed by atoms with Crippen LogP contribution in [0.2, 0.25) is 0 Å². The smallest absolute Gasteiger partial charge is 0.307 e. The van der Waals surface area contributed by atoms with Crippen molar-refractivity contribution in [1.82, 2.24) is 9.97 Å². The van der Waals surface area contributed by atoms with Crippen LogP contribution in [0.25, 0.3) is 0 Å². The van der Waals surface area contributed by atoms with E-state index in [9.17, 15) is 17.1 Å². The van der Waals surface area contributed by atoms with E-state index >= 15 is 0 Å². The van der Waals surface area contributed by atoms with Crippen molar-refractivity contribution < 1.29 is 17.1 Å². The summed E-state index contributed by atoms with van der Waals surface area (Å²) in [5.74, 6) is -0.469. The van der Waals surface area contributed by atoms with E-state index in [4.69, 9.17) is 5.73 Å². The highest BCUT2D eigenvalue weighted by molar-refractivity contribution is 7.87. The minimum Gasteiger partial charge on any atom is -0.382 e. The largest absolute Gasteiger partial charge is 0.382 e. The molecule has 1 aliphatic rings. The zero-order valence-corrected chi connectivity index (χ0v) is 9.39. The molecule has 1 aliphatic heterocycles. The van der Waals surface area contributed by atoms with Crippen LogP contribution in [0.1, 0.15) is 6.42 Å². The maximum absolute atomic E-state index is 12.8. The zero-order chi connectivity index (χ0) is 12.6. The summed E-state index contributed by atoms with van der Waals surface area (Å²) in [7, 11) is -4.73. The molecule has 1 unspecified atom stereocenters. The van der Waals surface area contributed by atoms with Crippen LogP contribution < -0.4 is 10.6 Å². The molecule has 0 spiro atoms. The van der Waals surface area contributed by atoms with Crippen LogP contribution in [0.3, 0.4) is 0 Å². The molecule has 0 saturated carbocycles. The molecule has 92 valence electrons. The number of anilines is 2. The van der Waals surface area contributed by atoms with E-state index in [0.717, 1.165) is 4.90 Å². The summed E-state index contributed by atoms with van der Waals surface area (Å²) in [5.41, 5.74) is 5.73. The van der Waals surface area contributed by atoms with E-state index < -0.39 is 27.8 Å². The molecule has 2 N–H and O–H groups in total. The van der Waals surface area contributed by atoms with E-state index in [1.807, 2.05) is 0 Å². The lowest BCUT2D eigenvalue weighted by atomic mass is 10.4. The van der Waals surface area contributed by atoms with E-state index in [2.05, 4.69) is 9.97 Å². The Morgan fingerprint density at radius 1 is 1.53 bits per heavy atom. The Balaban J connectivity index is 2.31. The monoisotopic (exact) mass is 260 g/mol. The summed E-state index contributed by atoms with van der Waals surface area (Å²) < 4.78 is 34.3. The predicted molar refractivity (Wildman–Crippen MR) is 57.2 cm³/mol. The van der Waals surface area contributed by atoms with E-state index in [0.29, 0.717) is 0 Å². The van der Waals surface area contributed by atoms with Crippen molar-refractivity contribution in [2.45, 2.75) is 11.7 Å². The highest BCUT2D eigenvalue weighted by Gasteiger charge is 2.39. The van der Waals surface area contributed by atoms with Crippen molar-refractivity contribution >= 4 is 27.6 Å². The second-order valence-electron chi connectivity index (χ2n) is 3.60. The number of amides is 1. The van der Waals surface area contributed by atoms with Crippen molar-refractivity contribution in [1.29, 1.82) is 0 Å². The fourth-order valence-electron chi connectivity index (χ4n) is 1.64. The molecule has 1 fully saturated rings. The molecule has 0 bridgehead atoms. The highest BCUT2D eigenvalue weighted by Crippen LogP contribution is 2.27. The van der Waals surface area contributed by atoms with Gasteiger partial charge in [-0.05, 0) is 0 Å². The van der Waals surface area contributed by atoms with Crippen molar-refractivity contribution in [3.8, 4) is 0 Å². The van der Waals surface area contributed by atoms with Gasteiger partial charge in [-0.15, -0.1) is 3.89 Å². The first kappa shape index (κ1) is 11.7. The van der Waals surface area contributed by atoms with Gasteiger partial charge >= 0.3 is 10.2 Å². The van der Waals surface area contributed by atoms with Gasteiger partial charge in [-0.3, -0.25) is 4.79 Å². The molecule has 17 heavy (non-hydrogen) atoms. The molecule has 0 aromatic carbocycles. The van der Waals surface area contributed by atoms with Gasteiger partial charge in [0.1, 0.15) is 17.3 Å². The van der Waals surface area contributed by atoms with Gasteiger partial charge in [0.25, 0.3) is 0 Å². The average Bonchev–Trinajstić information content (AvgIpc) is 2.61. The molecule has 1 aromatic heterocycles. The van der Waals surface area contributed by atoms with Gasteiger partial charge in [-0.1, -0.05) is 0 Å². The third-order valence-electron chi connectivity index (χ3n) is 2.50. The van der Waals surface area contributed by atoms with Gasteiger partial charge in [-0.2, -0.15) is 8.42 Å². The Morgan fingerprint density at radius 2 is 2.24 bits per heavy atom. The summed E-state index contributed by atoms with van der Waals surface area (Å²) in [5, 5.41) is -1.35. The molecule has 1 aromatic rings. The number of carbonyl (C=O) groups is 1. The number of hydrogen-bond acceptors (Lipinski definition) is 6. The standard InChI is InChI=1S/C8H9FN4O3S/c9-17(15,16)5-1-7(14)13(3-5)6-2-11-4-12-8(6)10/h2,4-5H,1,3H2,(H2,10,11,12). The third-order valence-corrected chi connectivity index (χ3v) is 3.61. The average molecular weight is 260 g/mol. The molecular weight excluding hydrogens is 251 g/mol. The summed E-state index contributed by atoms with van der Waals surface area (Å²) in [4.78, 5) is 20.0. The third kappa shape index (κ3) is 2.18. The van der Waals surface area contributed by atoms with E-state index in [1.165, 1.54) is 12.5 Å². The van der Waals surface area contributed by atoms with Gasteiger partial charge in [0.2, 0.25) is 5.91 Å². The van der Waals surface area contributed by atoms with Crippen molar-refractivity contribution in [2.75, 3.05) is 17.2 Å². The van der Waals surface area contributed by atoms with Gasteiger partial charge in [-0.25, -0.2) is 9.97 Å².